The molecule has 0 N–H and O–H groups in total. The van der Waals surface area contributed by atoms with Crippen LogP contribution in [-0.2, 0) is 28.4 Å². The summed E-state index contributed by atoms with van der Waals surface area (Å²) in [4.78, 5) is 19.4. The van der Waals surface area contributed by atoms with Crippen molar-refractivity contribution in [1.82, 2.24) is 9.88 Å². The van der Waals surface area contributed by atoms with Crippen LogP contribution in [-0.4, -0.2) is 34.0 Å². The Morgan fingerprint density at radius 3 is 2.44 bits per heavy atom. The molecule has 4 nitrogen and oxygen atoms in total. The van der Waals surface area contributed by atoms with E-state index in [1.807, 2.05) is 11.8 Å². The number of carbonyl (C=O) groups is 1. The molecule has 0 radical (unpaired) electrons. The fourth-order valence-corrected chi connectivity index (χ4v) is 5.01. The predicted octanol–water partition coefficient (Wildman–Crippen LogP) is 7.33. The van der Waals surface area contributed by atoms with Gasteiger partial charge >= 0.3 is 5.97 Å². The lowest BCUT2D eigenvalue weighted by molar-refractivity contribution is -0.172. The second kappa shape index (κ2) is 10.5. The van der Waals surface area contributed by atoms with Crippen LogP contribution < -0.4 is 0 Å². The topological polar surface area (TPSA) is 42.4 Å². The number of likely N-dealkylation sites (tertiary alicyclic amines) is 1. The molecule has 0 saturated carbocycles. The van der Waals surface area contributed by atoms with Crippen LogP contribution in [0.4, 0.5) is 17.6 Å². The molecule has 0 amide bonds. The second-order valence-electron chi connectivity index (χ2n) is 10.6. The molecule has 0 aliphatic carbocycles. The van der Waals surface area contributed by atoms with Gasteiger partial charge in [-0.1, -0.05) is 35.3 Å². The van der Waals surface area contributed by atoms with Gasteiger partial charge in [-0.15, -0.1) is 0 Å². The molecule has 2 aromatic rings. The lowest BCUT2D eigenvalue weighted by Crippen LogP contribution is -2.51. The predicted molar refractivity (Wildman–Crippen MR) is 131 cm³/mol. The molecule has 2 atom stereocenters. The van der Waals surface area contributed by atoms with Gasteiger partial charge in [0, 0.05) is 31.5 Å². The highest BCUT2D eigenvalue weighted by Crippen LogP contribution is 2.42. The number of ether oxygens (including phenoxy) is 1. The van der Waals surface area contributed by atoms with Crippen LogP contribution >= 0.6 is 23.2 Å². The molecule has 1 saturated heterocycles. The number of aromatic nitrogens is 1. The molecule has 1 unspecified atom stereocenters. The van der Waals surface area contributed by atoms with Gasteiger partial charge in [-0.2, -0.15) is 0 Å². The van der Waals surface area contributed by atoms with E-state index in [9.17, 15) is 18.0 Å². The zero-order chi connectivity index (χ0) is 27.1. The highest BCUT2D eigenvalue weighted by Gasteiger charge is 2.48. The summed E-state index contributed by atoms with van der Waals surface area (Å²) in [5.41, 5.74) is -2.84. The number of esters is 1. The summed E-state index contributed by atoms with van der Waals surface area (Å²) in [7, 11) is 0. The minimum Gasteiger partial charge on any atom is -0.460 e. The zero-order valence-corrected chi connectivity index (χ0v) is 22.4. The van der Waals surface area contributed by atoms with Crippen LogP contribution in [0.25, 0.3) is 0 Å². The molecule has 36 heavy (non-hydrogen) atoms. The fourth-order valence-electron chi connectivity index (χ4n) is 4.61. The molecule has 198 valence electrons. The fraction of sp³-hybridized carbons (Fsp3) is 0.538. The molecule has 1 fully saturated rings. The van der Waals surface area contributed by atoms with E-state index in [4.69, 9.17) is 27.9 Å². The maximum atomic E-state index is 15.2. The lowest BCUT2D eigenvalue weighted by Gasteiger charge is -2.45. The third kappa shape index (κ3) is 6.50. The summed E-state index contributed by atoms with van der Waals surface area (Å²) in [6.45, 7) is 8.20. The highest BCUT2D eigenvalue weighted by molar-refractivity contribution is 6.30. The Kier molecular flexibility index (Phi) is 8.33. The van der Waals surface area contributed by atoms with Gasteiger partial charge in [-0.3, -0.25) is 9.69 Å². The third-order valence-electron chi connectivity index (χ3n) is 6.40. The van der Waals surface area contributed by atoms with Crippen LogP contribution in [0.15, 0.2) is 24.3 Å². The standard InChI is InChI=1S/C26H30Cl2F4N2O2/c1-15-12-26(23(35)36-24(2,3)4,9-10-34(15)14-16-7-6-8-18(27)21(16)29)13-19-22(30)17(25(5,31)32)11-20(28)33-19/h6-8,11,15H,9-10,12-14H2,1-5H3/t15-,26?/m1/s1. The average molecular weight is 549 g/mol. The van der Waals surface area contributed by atoms with Gasteiger partial charge in [-0.05, 0) is 59.2 Å². The first-order chi connectivity index (χ1) is 16.5. The van der Waals surface area contributed by atoms with Gasteiger partial charge < -0.3 is 4.74 Å². The summed E-state index contributed by atoms with van der Waals surface area (Å²) < 4.78 is 63.5. The Bertz CT molecular complexity index is 1130. The van der Waals surface area contributed by atoms with Crippen LogP contribution in [0.3, 0.4) is 0 Å². The summed E-state index contributed by atoms with van der Waals surface area (Å²) in [6.07, 6.45) is 0.177. The quantitative estimate of drug-likeness (QED) is 0.215. The molecular weight excluding hydrogens is 519 g/mol. The number of hydrogen-bond donors (Lipinski definition) is 0. The van der Waals surface area contributed by atoms with Gasteiger partial charge in [0.1, 0.15) is 16.6 Å². The zero-order valence-electron chi connectivity index (χ0n) is 20.9. The van der Waals surface area contributed by atoms with Crippen LogP contribution in [0.2, 0.25) is 10.2 Å². The molecule has 2 heterocycles. The number of hydrogen-bond acceptors (Lipinski definition) is 4. The SMILES string of the molecule is C[C@@H]1CC(Cc2nc(Cl)cc(C(C)(F)F)c2F)(C(=O)OC(C)(C)C)CCN1Cc1cccc(Cl)c1F. The van der Waals surface area contributed by atoms with Gasteiger partial charge in [-0.25, -0.2) is 22.5 Å². The summed E-state index contributed by atoms with van der Waals surface area (Å²) in [5, 5.41) is -0.268. The van der Waals surface area contributed by atoms with Gasteiger partial charge in [0.05, 0.1) is 21.7 Å². The summed E-state index contributed by atoms with van der Waals surface area (Å²) >= 11 is 11.9. The largest absolute Gasteiger partial charge is 0.460 e. The van der Waals surface area contributed by atoms with E-state index >= 15 is 4.39 Å². The Hall–Kier alpha value is -1.90. The first-order valence-electron chi connectivity index (χ1n) is 11.7. The third-order valence-corrected chi connectivity index (χ3v) is 6.88. The maximum absolute atomic E-state index is 15.2. The molecular formula is C26H30Cl2F4N2O2. The Morgan fingerprint density at radius 2 is 1.86 bits per heavy atom. The number of alkyl halides is 2. The molecule has 1 aromatic heterocycles. The molecule has 10 heteroatoms. The van der Waals surface area contributed by atoms with Crippen LogP contribution in [0.1, 0.15) is 64.3 Å². The summed E-state index contributed by atoms with van der Waals surface area (Å²) in [5.74, 6) is -5.75. The van der Waals surface area contributed by atoms with Crippen molar-refractivity contribution in [3.8, 4) is 0 Å². The Balaban J connectivity index is 1.96. The van der Waals surface area contributed by atoms with Crippen molar-refractivity contribution in [2.75, 3.05) is 6.54 Å². The molecule has 3 rings (SSSR count). The Labute approximate surface area is 218 Å². The summed E-state index contributed by atoms with van der Waals surface area (Å²) in [6, 6.07) is 5.31. The second-order valence-corrected chi connectivity index (χ2v) is 11.4. The van der Waals surface area contributed by atoms with Gasteiger partial charge in [0.25, 0.3) is 5.92 Å². The average Bonchev–Trinajstić information content (AvgIpc) is 2.73. The number of pyridine rings is 1. The minimum absolute atomic E-state index is 0.0197. The highest BCUT2D eigenvalue weighted by atomic mass is 35.5. The number of rotatable bonds is 6. The molecule has 1 aliphatic heterocycles. The Morgan fingerprint density at radius 1 is 1.19 bits per heavy atom. The van der Waals surface area contributed by atoms with E-state index in [0.29, 0.717) is 19.0 Å². The number of benzene rings is 1. The monoisotopic (exact) mass is 548 g/mol. The van der Waals surface area contributed by atoms with E-state index in [1.54, 1.807) is 32.9 Å². The first-order valence-corrected chi connectivity index (χ1v) is 12.4. The van der Waals surface area contributed by atoms with E-state index in [1.165, 1.54) is 6.07 Å². The van der Waals surface area contributed by atoms with E-state index in [2.05, 4.69) is 4.98 Å². The molecule has 0 bridgehead atoms. The van der Waals surface area contributed by atoms with Crippen LogP contribution in [0.5, 0.6) is 0 Å². The maximum Gasteiger partial charge on any atom is 0.313 e. The number of halogens is 6. The van der Waals surface area contributed by atoms with Crippen molar-refractivity contribution in [3.63, 3.8) is 0 Å². The van der Waals surface area contributed by atoms with Crippen molar-refractivity contribution in [3.05, 3.63) is 62.9 Å². The molecule has 0 spiro atoms. The van der Waals surface area contributed by atoms with Gasteiger partial charge in [0.15, 0.2) is 5.82 Å². The van der Waals surface area contributed by atoms with Crippen molar-refractivity contribution in [1.29, 1.82) is 0 Å². The van der Waals surface area contributed by atoms with Gasteiger partial charge in [0.2, 0.25) is 0 Å². The smallest absolute Gasteiger partial charge is 0.313 e. The number of piperidine rings is 1. The molecule has 1 aromatic carbocycles. The van der Waals surface area contributed by atoms with Crippen molar-refractivity contribution in [2.24, 2.45) is 5.41 Å². The van der Waals surface area contributed by atoms with Crippen LogP contribution in [0, 0.1) is 17.0 Å². The van der Waals surface area contributed by atoms with E-state index in [0.717, 1.165) is 6.07 Å². The normalized spacial score (nSPS) is 21.5. The molecule has 1 aliphatic rings. The minimum atomic E-state index is -3.48. The lowest BCUT2D eigenvalue weighted by atomic mass is 9.71. The first kappa shape index (κ1) is 28.7. The van der Waals surface area contributed by atoms with Crippen molar-refractivity contribution < 1.29 is 27.1 Å². The number of nitrogens with zero attached hydrogens (tertiary/aromatic N) is 2. The van der Waals surface area contributed by atoms with E-state index in [-0.39, 0.29) is 47.7 Å². The van der Waals surface area contributed by atoms with Crippen molar-refractivity contribution in [2.45, 2.75) is 78.0 Å². The number of carbonyl (C=O) groups excluding carboxylic acids is 1. The van der Waals surface area contributed by atoms with E-state index < -0.39 is 40.1 Å². The van der Waals surface area contributed by atoms with Crippen molar-refractivity contribution >= 4 is 29.2 Å².